The predicted molar refractivity (Wildman–Crippen MR) is 80.4 cm³/mol. The van der Waals surface area contributed by atoms with Gasteiger partial charge in [-0.2, -0.15) is 0 Å². The number of benzene rings is 1. The fraction of sp³-hybridized carbons (Fsp3) is 0.250. The number of carbonyl (C=O) groups is 1. The van der Waals surface area contributed by atoms with Gasteiger partial charge in [0.1, 0.15) is 5.75 Å². The minimum Gasteiger partial charge on any atom is -0.506 e. The molecule has 1 aromatic heterocycles. The van der Waals surface area contributed by atoms with Gasteiger partial charge >= 0.3 is 0 Å². The van der Waals surface area contributed by atoms with Gasteiger partial charge in [0.2, 0.25) is 0 Å². The van der Waals surface area contributed by atoms with E-state index in [1.54, 1.807) is 18.5 Å². The molecule has 4 nitrogen and oxygen atoms in total. The fourth-order valence-electron chi connectivity index (χ4n) is 2.75. The maximum absolute atomic E-state index is 12.7. The van der Waals surface area contributed by atoms with Crippen molar-refractivity contribution in [1.82, 2.24) is 9.88 Å². The van der Waals surface area contributed by atoms with Gasteiger partial charge in [-0.15, -0.1) is 0 Å². The summed E-state index contributed by atoms with van der Waals surface area (Å²) in [6, 6.07) is 8.54. The van der Waals surface area contributed by atoms with Crippen molar-refractivity contribution in [2.24, 2.45) is 0 Å². The lowest BCUT2D eigenvalue weighted by Gasteiger charge is -2.25. The van der Waals surface area contributed by atoms with Crippen LogP contribution in [0.25, 0.3) is 0 Å². The molecule has 5 heteroatoms. The fourth-order valence-corrected chi connectivity index (χ4v) is 2.93. The number of aromatic hydroxyl groups is 1. The summed E-state index contributed by atoms with van der Waals surface area (Å²) in [6.07, 6.45) is 5.41. The highest BCUT2D eigenvalue weighted by molar-refractivity contribution is 6.32. The molecule has 2 heterocycles. The van der Waals surface area contributed by atoms with Gasteiger partial charge in [-0.25, -0.2) is 0 Å². The van der Waals surface area contributed by atoms with E-state index >= 15 is 0 Å². The summed E-state index contributed by atoms with van der Waals surface area (Å²) in [7, 11) is 0. The van der Waals surface area contributed by atoms with Crippen molar-refractivity contribution in [1.29, 1.82) is 0 Å². The third-order valence-corrected chi connectivity index (χ3v) is 4.10. The summed E-state index contributed by atoms with van der Waals surface area (Å²) >= 11 is 5.89. The van der Waals surface area contributed by atoms with Crippen molar-refractivity contribution in [2.75, 3.05) is 6.54 Å². The predicted octanol–water partition coefficient (Wildman–Crippen LogP) is 3.42. The normalized spacial score (nSPS) is 18.0. The van der Waals surface area contributed by atoms with Gasteiger partial charge in [0.15, 0.2) is 0 Å². The van der Waals surface area contributed by atoms with Crippen LogP contribution in [0.4, 0.5) is 0 Å². The molecule has 2 aromatic rings. The van der Waals surface area contributed by atoms with Crippen molar-refractivity contribution < 1.29 is 9.90 Å². The van der Waals surface area contributed by atoms with E-state index in [4.69, 9.17) is 11.6 Å². The van der Waals surface area contributed by atoms with E-state index in [-0.39, 0.29) is 22.7 Å². The molecule has 0 saturated carbocycles. The third kappa shape index (κ3) is 2.72. The largest absolute Gasteiger partial charge is 0.506 e. The number of hydrogen-bond acceptors (Lipinski definition) is 3. The number of aromatic nitrogens is 1. The van der Waals surface area contributed by atoms with Crippen molar-refractivity contribution in [3.63, 3.8) is 0 Å². The van der Waals surface area contributed by atoms with Crippen molar-refractivity contribution in [2.45, 2.75) is 18.9 Å². The molecule has 1 atom stereocenters. The zero-order valence-corrected chi connectivity index (χ0v) is 12.1. The molecule has 0 unspecified atom stereocenters. The lowest BCUT2D eigenvalue weighted by molar-refractivity contribution is 0.0735. The second-order valence-corrected chi connectivity index (χ2v) is 5.51. The van der Waals surface area contributed by atoms with Crippen LogP contribution in [0.3, 0.4) is 0 Å². The second-order valence-electron chi connectivity index (χ2n) is 5.10. The monoisotopic (exact) mass is 302 g/mol. The maximum atomic E-state index is 12.7. The zero-order chi connectivity index (χ0) is 14.8. The average molecular weight is 303 g/mol. The number of pyridine rings is 1. The van der Waals surface area contributed by atoms with E-state index in [9.17, 15) is 9.90 Å². The van der Waals surface area contributed by atoms with Crippen LogP contribution >= 0.6 is 11.6 Å². The topological polar surface area (TPSA) is 53.4 Å². The molecule has 0 spiro atoms. The Labute approximate surface area is 128 Å². The first-order valence-electron chi connectivity index (χ1n) is 6.86. The van der Waals surface area contributed by atoms with E-state index < -0.39 is 0 Å². The van der Waals surface area contributed by atoms with E-state index in [0.717, 1.165) is 24.9 Å². The van der Waals surface area contributed by atoms with Gasteiger partial charge in [-0.3, -0.25) is 9.78 Å². The number of halogens is 1. The Kier molecular flexibility index (Phi) is 3.80. The van der Waals surface area contributed by atoms with E-state index in [1.807, 2.05) is 17.0 Å². The lowest BCUT2D eigenvalue weighted by atomic mass is 10.1. The van der Waals surface area contributed by atoms with Crippen LogP contribution in [-0.4, -0.2) is 27.4 Å². The van der Waals surface area contributed by atoms with Crippen LogP contribution in [0.15, 0.2) is 42.7 Å². The minimum atomic E-state index is -0.0591. The molecular weight excluding hydrogens is 288 g/mol. The first-order valence-corrected chi connectivity index (χ1v) is 7.24. The molecule has 1 N–H and O–H groups in total. The quantitative estimate of drug-likeness (QED) is 0.925. The van der Waals surface area contributed by atoms with Crippen LogP contribution < -0.4 is 0 Å². The summed E-state index contributed by atoms with van der Waals surface area (Å²) < 4.78 is 0. The van der Waals surface area contributed by atoms with Crippen LogP contribution in [0, 0.1) is 0 Å². The molecule has 1 amide bonds. The summed E-state index contributed by atoms with van der Waals surface area (Å²) in [4.78, 5) is 18.5. The Morgan fingerprint density at radius 3 is 2.76 bits per heavy atom. The number of nitrogens with zero attached hydrogens (tertiary/aromatic N) is 2. The van der Waals surface area contributed by atoms with Gasteiger partial charge in [0.05, 0.1) is 11.1 Å². The molecule has 1 saturated heterocycles. The number of rotatable bonds is 2. The maximum Gasteiger partial charge on any atom is 0.254 e. The van der Waals surface area contributed by atoms with Crippen molar-refractivity contribution in [3.8, 4) is 5.75 Å². The number of carbonyl (C=O) groups excluding carboxylic acids is 1. The summed E-state index contributed by atoms with van der Waals surface area (Å²) in [5.41, 5.74) is 1.60. The Hall–Kier alpha value is -2.07. The Bertz CT molecular complexity index is 661. The van der Waals surface area contributed by atoms with Gasteiger partial charge in [0.25, 0.3) is 5.91 Å². The smallest absolute Gasteiger partial charge is 0.254 e. The number of hydrogen-bond donors (Lipinski definition) is 1. The zero-order valence-electron chi connectivity index (χ0n) is 11.4. The van der Waals surface area contributed by atoms with Crippen molar-refractivity contribution in [3.05, 3.63) is 58.9 Å². The van der Waals surface area contributed by atoms with Gasteiger partial charge in [-0.05, 0) is 48.7 Å². The van der Waals surface area contributed by atoms with Crippen LogP contribution in [-0.2, 0) is 0 Å². The SMILES string of the molecule is O=C(c1ccc(O)c(Cl)c1)N1CCC[C@H]1c1ccncc1. The molecule has 3 rings (SSSR count). The molecule has 0 bridgehead atoms. The van der Waals surface area contributed by atoms with Crippen molar-refractivity contribution >= 4 is 17.5 Å². The number of phenols is 1. The van der Waals surface area contributed by atoms with Crippen LogP contribution in [0.2, 0.25) is 5.02 Å². The van der Waals surface area contributed by atoms with Gasteiger partial charge in [-0.1, -0.05) is 11.6 Å². The summed E-state index contributed by atoms with van der Waals surface area (Å²) in [6.45, 7) is 0.727. The molecule has 1 aliphatic heterocycles. The van der Waals surface area contributed by atoms with E-state index in [0.29, 0.717) is 5.56 Å². The highest BCUT2D eigenvalue weighted by atomic mass is 35.5. The first-order chi connectivity index (χ1) is 10.2. The van der Waals surface area contributed by atoms with Crippen LogP contribution in [0.5, 0.6) is 5.75 Å². The second kappa shape index (κ2) is 5.74. The molecule has 1 fully saturated rings. The minimum absolute atomic E-state index is 0.0136. The first kappa shape index (κ1) is 13.9. The van der Waals surface area contributed by atoms with E-state index in [1.165, 1.54) is 12.1 Å². The lowest BCUT2D eigenvalue weighted by Crippen LogP contribution is -2.30. The Balaban J connectivity index is 1.88. The highest BCUT2D eigenvalue weighted by Gasteiger charge is 2.30. The Morgan fingerprint density at radius 2 is 2.05 bits per heavy atom. The van der Waals surface area contributed by atoms with E-state index in [2.05, 4.69) is 4.98 Å². The number of amides is 1. The summed E-state index contributed by atoms with van der Waals surface area (Å²) in [5.74, 6) is -0.0727. The molecule has 1 aromatic carbocycles. The molecule has 0 aliphatic carbocycles. The molecule has 0 radical (unpaired) electrons. The third-order valence-electron chi connectivity index (χ3n) is 3.80. The molecule has 1 aliphatic rings. The highest BCUT2D eigenvalue weighted by Crippen LogP contribution is 2.33. The van der Waals surface area contributed by atoms with Crippen LogP contribution in [0.1, 0.15) is 34.8 Å². The standard InChI is InChI=1S/C16H15ClN2O2/c17-13-10-12(3-4-15(13)20)16(21)19-9-1-2-14(19)11-5-7-18-8-6-11/h3-8,10,14,20H,1-2,9H2/t14-/m0/s1. The summed E-state index contributed by atoms with van der Waals surface area (Å²) in [5, 5.41) is 9.65. The molecule has 108 valence electrons. The molecular formula is C16H15ClN2O2. The van der Waals surface area contributed by atoms with Gasteiger partial charge < -0.3 is 10.0 Å². The molecule has 21 heavy (non-hydrogen) atoms. The van der Waals surface area contributed by atoms with Gasteiger partial charge in [0, 0.05) is 24.5 Å². The number of likely N-dealkylation sites (tertiary alicyclic amines) is 1. The number of phenolic OH excluding ortho intramolecular Hbond substituents is 1. The Morgan fingerprint density at radius 1 is 1.29 bits per heavy atom. The average Bonchev–Trinajstić information content (AvgIpc) is 2.99.